The maximum absolute atomic E-state index is 9.45. The Kier molecular flexibility index (Phi) is 11.0. The van der Waals surface area contributed by atoms with Gasteiger partial charge >= 0.3 is 0 Å². The summed E-state index contributed by atoms with van der Waals surface area (Å²) in [5.41, 5.74) is 5.58. The summed E-state index contributed by atoms with van der Waals surface area (Å²) in [7, 11) is 0. The molecule has 0 saturated heterocycles. The molecule has 0 saturated carbocycles. The van der Waals surface area contributed by atoms with Crippen molar-refractivity contribution >= 4 is 22.7 Å². The van der Waals surface area contributed by atoms with Gasteiger partial charge in [0.2, 0.25) is 0 Å². The average molecular weight is 778 g/mol. The molecular formula is C50H39N3O4S. The van der Waals surface area contributed by atoms with Gasteiger partial charge in [0.15, 0.2) is 21.5 Å². The third-order valence-corrected chi connectivity index (χ3v) is 11.0. The van der Waals surface area contributed by atoms with Crippen LogP contribution in [0.2, 0.25) is 0 Å². The fourth-order valence-corrected chi connectivity index (χ4v) is 7.33. The number of ether oxygens (including phenoxy) is 4. The molecule has 0 spiro atoms. The zero-order valence-electron chi connectivity index (χ0n) is 32.7. The smallest absolute Gasteiger partial charge is 0.198 e. The highest BCUT2D eigenvalue weighted by Crippen LogP contribution is 2.42. The second-order valence-electron chi connectivity index (χ2n) is 14.8. The summed E-state index contributed by atoms with van der Waals surface area (Å²) in [4.78, 5) is 6.88. The van der Waals surface area contributed by atoms with E-state index in [1.54, 1.807) is 24.3 Å². The highest BCUT2D eigenvalue weighted by atomic mass is 32.1. The van der Waals surface area contributed by atoms with Crippen LogP contribution in [0.25, 0.3) is 9.69 Å². The summed E-state index contributed by atoms with van der Waals surface area (Å²) in [5, 5.41) is 10.9. The van der Waals surface area contributed by atoms with E-state index in [1.165, 1.54) is 11.3 Å². The summed E-state index contributed by atoms with van der Waals surface area (Å²) in [6, 6.07) is 48.6. The molecule has 0 fully saturated rings. The molecule has 6 aromatic carbocycles. The molecule has 7 nitrogen and oxygen atoms in total. The Hall–Kier alpha value is -7.31. The molecule has 0 aliphatic carbocycles. The SMILES string of the molecule is [C-]#[N+]c1ccc(Oc2cccc(C(C)(C)c3cccc(Oc4ccc(Oc5cccc(C(C)(C)c6cccc(Oc7ccc(C)c(C#N)c7)c6)c5)s4)c3)c2)cc1[N+]#[C-]. The van der Waals surface area contributed by atoms with Gasteiger partial charge in [-0.15, -0.1) is 0 Å². The molecule has 8 heteroatoms. The molecule has 284 valence electrons. The van der Waals surface area contributed by atoms with Gasteiger partial charge in [-0.3, -0.25) is 4.85 Å². The van der Waals surface area contributed by atoms with E-state index in [4.69, 9.17) is 32.1 Å². The minimum absolute atomic E-state index is 0.265. The average Bonchev–Trinajstić information content (AvgIpc) is 3.67. The van der Waals surface area contributed by atoms with Crippen molar-refractivity contribution in [1.29, 1.82) is 5.26 Å². The predicted octanol–water partition coefficient (Wildman–Crippen LogP) is 14.9. The molecule has 7 aromatic rings. The van der Waals surface area contributed by atoms with E-state index in [0.29, 0.717) is 50.1 Å². The van der Waals surface area contributed by atoms with Crippen molar-refractivity contribution in [3.63, 3.8) is 0 Å². The van der Waals surface area contributed by atoms with E-state index in [0.717, 1.165) is 33.6 Å². The Morgan fingerprint density at radius 2 is 0.879 bits per heavy atom. The third kappa shape index (κ3) is 8.57. The molecule has 0 atom stereocenters. The van der Waals surface area contributed by atoms with Crippen LogP contribution in [0.3, 0.4) is 0 Å². The van der Waals surface area contributed by atoms with Crippen molar-refractivity contribution in [2.75, 3.05) is 0 Å². The molecule has 0 N–H and O–H groups in total. The Morgan fingerprint density at radius 1 is 0.483 bits per heavy atom. The molecule has 0 aliphatic rings. The maximum Gasteiger partial charge on any atom is 0.198 e. The van der Waals surface area contributed by atoms with Crippen molar-refractivity contribution < 1.29 is 18.9 Å². The summed E-state index contributed by atoms with van der Waals surface area (Å²) in [6.45, 7) is 25.2. The third-order valence-electron chi connectivity index (χ3n) is 10.2. The largest absolute Gasteiger partial charge is 0.459 e. The highest BCUT2D eigenvalue weighted by Gasteiger charge is 2.26. The van der Waals surface area contributed by atoms with Crippen molar-refractivity contribution in [2.45, 2.75) is 45.4 Å². The standard InChI is InChI=1S/C50H39N3O4S/c1-33-20-21-43(26-34(33)32-51)54-39-16-8-12-35(27-39)49(2,3)37-14-10-18-41(29-37)56-47-24-25-48(58-47)57-42-19-11-15-38(30-42)50(4,5)36-13-9-17-40(28-36)55-44-22-23-45(52-6)46(31-44)53-7/h8-31H,1-5H3. The van der Waals surface area contributed by atoms with E-state index in [9.17, 15) is 5.26 Å². The number of nitrogens with zero attached hydrogens (tertiary/aromatic N) is 3. The molecule has 58 heavy (non-hydrogen) atoms. The van der Waals surface area contributed by atoms with E-state index in [1.807, 2.05) is 91.9 Å². The first-order valence-electron chi connectivity index (χ1n) is 18.6. The zero-order valence-corrected chi connectivity index (χ0v) is 33.6. The fraction of sp³-hybridized carbons (Fsp3) is 0.140. The first-order valence-corrected chi connectivity index (χ1v) is 19.4. The van der Waals surface area contributed by atoms with Crippen molar-refractivity contribution in [3.8, 4) is 50.7 Å². The predicted molar refractivity (Wildman–Crippen MR) is 229 cm³/mol. The number of aryl methyl sites for hydroxylation is 1. The first-order chi connectivity index (χ1) is 27.9. The number of thiophene rings is 1. The summed E-state index contributed by atoms with van der Waals surface area (Å²) >= 11 is 1.42. The lowest BCUT2D eigenvalue weighted by Crippen LogP contribution is -2.18. The Morgan fingerprint density at radius 3 is 1.31 bits per heavy atom. The van der Waals surface area contributed by atoms with Gasteiger partial charge in [-0.25, -0.2) is 4.85 Å². The Bertz CT molecular complexity index is 2760. The Balaban J connectivity index is 1.02. The van der Waals surface area contributed by atoms with Crippen LogP contribution in [0.4, 0.5) is 11.4 Å². The molecule has 1 aromatic heterocycles. The van der Waals surface area contributed by atoms with Gasteiger partial charge in [-0.1, -0.05) is 99.7 Å². The minimum Gasteiger partial charge on any atom is -0.459 e. The summed E-state index contributed by atoms with van der Waals surface area (Å²) < 4.78 is 25.0. The van der Waals surface area contributed by atoms with Crippen LogP contribution in [0.5, 0.6) is 44.6 Å². The monoisotopic (exact) mass is 777 g/mol. The molecule has 1 heterocycles. The zero-order chi connectivity index (χ0) is 40.9. The van der Waals surface area contributed by atoms with Crippen molar-refractivity contribution in [3.05, 3.63) is 202 Å². The van der Waals surface area contributed by atoms with Crippen LogP contribution in [-0.4, -0.2) is 0 Å². The van der Waals surface area contributed by atoms with E-state index in [2.05, 4.69) is 79.9 Å². The van der Waals surface area contributed by atoms with Gasteiger partial charge < -0.3 is 18.9 Å². The van der Waals surface area contributed by atoms with Crippen LogP contribution in [0.1, 0.15) is 61.1 Å². The lowest BCUT2D eigenvalue weighted by atomic mass is 9.78. The van der Waals surface area contributed by atoms with Gasteiger partial charge in [0.05, 0.1) is 24.8 Å². The summed E-state index contributed by atoms with van der Waals surface area (Å²) in [6.07, 6.45) is 0. The number of hydrogen-bond acceptors (Lipinski definition) is 6. The maximum atomic E-state index is 9.45. The fourth-order valence-electron chi connectivity index (χ4n) is 6.58. The lowest BCUT2D eigenvalue weighted by molar-refractivity contribution is 0.479. The number of nitriles is 1. The van der Waals surface area contributed by atoms with Crippen LogP contribution in [-0.2, 0) is 10.8 Å². The van der Waals surface area contributed by atoms with Gasteiger partial charge in [-0.2, -0.15) is 5.26 Å². The molecule has 0 radical (unpaired) electrons. The van der Waals surface area contributed by atoms with Crippen molar-refractivity contribution in [2.24, 2.45) is 0 Å². The lowest BCUT2D eigenvalue weighted by Gasteiger charge is -2.27. The normalized spacial score (nSPS) is 11.1. The van der Waals surface area contributed by atoms with E-state index in [-0.39, 0.29) is 11.1 Å². The van der Waals surface area contributed by atoms with Gasteiger partial charge in [-0.05, 0) is 120 Å². The van der Waals surface area contributed by atoms with Crippen molar-refractivity contribution in [1.82, 2.24) is 0 Å². The first kappa shape index (κ1) is 38.9. The highest BCUT2D eigenvalue weighted by molar-refractivity contribution is 7.15. The van der Waals surface area contributed by atoms with Crippen LogP contribution in [0.15, 0.2) is 146 Å². The molecule has 0 unspecified atom stereocenters. The molecule has 7 rings (SSSR count). The van der Waals surface area contributed by atoms with Crippen LogP contribution >= 0.6 is 11.3 Å². The molecular weight excluding hydrogens is 739 g/mol. The number of hydrogen-bond donors (Lipinski definition) is 0. The number of benzene rings is 6. The van der Waals surface area contributed by atoms with Crippen LogP contribution < -0.4 is 18.9 Å². The molecule has 0 amide bonds. The topological polar surface area (TPSA) is 69.4 Å². The van der Waals surface area contributed by atoms with Gasteiger partial charge in [0, 0.05) is 10.8 Å². The quantitative estimate of drug-likeness (QED) is 0.116. The minimum atomic E-state index is -0.394. The van der Waals surface area contributed by atoms with Crippen LogP contribution in [0, 0.1) is 31.4 Å². The molecule has 0 aliphatic heterocycles. The summed E-state index contributed by atoms with van der Waals surface area (Å²) in [5.74, 6) is 3.89. The van der Waals surface area contributed by atoms with E-state index < -0.39 is 5.41 Å². The second kappa shape index (κ2) is 16.4. The van der Waals surface area contributed by atoms with E-state index >= 15 is 0 Å². The second-order valence-corrected chi connectivity index (χ2v) is 15.8. The Labute approximate surface area is 343 Å². The number of rotatable bonds is 12. The van der Waals surface area contributed by atoms with Gasteiger partial charge in [0.25, 0.3) is 0 Å². The van der Waals surface area contributed by atoms with Gasteiger partial charge in [0.1, 0.15) is 34.5 Å². The molecule has 0 bridgehead atoms.